The summed E-state index contributed by atoms with van der Waals surface area (Å²) in [7, 11) is 0. The molecule has 0 N–H and O–H groups in total. The van der Waals surface area contributed by atoms with Crippen molar-refractivity contribution in [1.82, 2.24) is 9.97 Å². The quantitative estimate of drug-likeness (QED) is 0.350. The zero-order valence-electron chi connectivity index (χ0n) is 4.65. The molecule has 4 heteroatoms. The van der Waals surface area contributed by atoms with Gasteiger partial charge < -0.3 is 9.97 Å². The van der Waals surface area contributed by atoms with Crippen molar-refractivity contribution in [2.24, 2.45) is 0 Å². The Labute approximate surface area is 69.1 Å². The molecule has 0 aliphatic rings. The first-order chi connectivity index (χ1) is 3.79. The van der Waals surface area contributed by atoms with Crippen molar-refractivity contribution in [3.63, 3.8) is 0 Å². The SMILES string of the molecule is Cc1cc(Cl)n[c-]n1.[Cu+]. The minimum absolute atomic E-state index is 0. The van der Waals surface area contributed by atoms with Crippen LogP contribution in [0.25, 0.3) is 0 Å². The Kier molecular flexibility index (Phi) is 3.78. The van der Waals surface area contributed by atoms with Crippen LogP contribution in [0, 0.1) is 13.3 Å². The van der Waals surface area contributed by atoms with E-state index in [4.69, 9.17) is 11.6 Å². The molecule has 0 aromatic carbocycles. The van der Waals surface area contributed by atoms with E-state index in [2.05, 4.69) is 16.3 Å². The molecule has 0 radical (unpaired) electrons. The standard InChI is InChI=1S/C5H4ClN2.Cu/c1-4-2-5(6)8-3-7-4;/h2H,1H3;/q-1;+1. The molecular formula is C5H4ClCuN2. The van der Waals surface area contributed by atoms with Crippen LogP contribution < -0.4 is 0 Å². The minimum atomic E-state index is 0. The summed E-state index contributed by atoms with van der Waals surface area (Å²) in [5.74, 6) is 0. The average molecular weight is 191 g/mol. The summed E-state index contributed by atoms with van der Waals surface area (Å²) < 4.78 is 0. The van der Waals surface area contributed by atoms with E-state index in [0.717, 1.165) is 5.69 Å². The first kappa shape index (κ1) is 8.89. The fourth-order valence-corrected chi connectivity index (χ4v) is 0.584. The summed E-state index contributed by atoms with van der Waals surface area (Å²) in [6.45, 7) is 1.84. The van der Waals surface area contributed by atoms with Crippen LogP contribution in [0.5, 0.6) is 0 Å². The predicted molar refractivity (Wildman–Crippen MR) is 30.6 cm³/mol. The fraction of sp³-hybridized carbons (Fsp3) is 0.200. The average Bonchev–Trinajstić information content (AvgIpc) is 1.64. The number of rotatable bonds is 0. The van der Waals surface area contributed by atoms with Gasteiger partial charge in [-0.25, -0.2) is 0 Å². The third-order valence-corrected chi connectivity index (χ3v) is 0.905. The molecule has 0 saturated heterocycles. The van der Waals surface area contributed by atoms with Crippen molar-refractivity contribution >= 4 is 11.6 Å². The third-order valence-electron chi connectivity index (χ3n) is 0.711. The molecule has 0 aliphatic carbocycles. The first-order valence-electron chi connectivity index (χ1n) is 2.16. The second-order valence-corrected chi connectivity index (χ2v) is 1.82. The van der Waals surface area contributed by atoms with E-state index in [1.807, 2.05) is 6.92 Å². The zero-order valence-corrected chi connectivity index (χ0v) is 6.35. The molecule has 0 bridgehead atoms. The normalized spacial score (nSPS) is 8.22. The van der Waals surface area contributed by atoms with Gasteiger partial charge in [0.2, 0.25) is 0 Å². The van der Waals surface area contributed by atoms with Gasteiger partial charge in [0.15, 0.2) is 0 Å². The van der Waals surface area contributed by atoms with Crippen molar-refractivity contribution in [2.75, 3.05) is 0 Å². The van der Waals surface area contributed by atoms with E-state index in [9.17, 15) is 0 Å². The number of hydrogen-bond acceptors (Lipinski definition) is 2. The molecule has 0 atom stereocenters. The van der Waals surface area contributed by atoms with Gasteiger partial charge in [-0.1, -0.05) is 12.6 Å². The van der Waals surface area contributed by atoms with Gasteiger partial charge in [-0.05, 0) is 0 Å². The molecule has 0 amide bonds. The van der Waals surface area contributed by atoms with Crippen LogP contribution in [0.3, 0.4) is 0 Å². The summed E-state index contributed by atoms with van der Waals surface area (Å²) in [6, 6.07) is 1.68. The molecule has 1 aromatic heterocycles. The number of hydrogen-bond donors (Lipinski definition) is 0. The van der Waals surface area contributed by atoms with Crippen LogP contribution in [0.4, 0.5) is 0 Å². The van der Waals surface area contributed by atoms with E-state index in [1.165, 1.54) is 0 Å². The molecule has 1 heterocycles. The summed E-state index contributed by atoms with van der Waals surface area (Å²) in [5.41, 5.74) is 0.838. The summed E-state index contributed by atoms with van der Waals surface area (Å²) in [4.78, 5) is 7.29. The Hall–Kier alpha value is -0.111. The topological polar surface area (TPSA) is 25.8 Å². The predicted octanol–water partition coefficient (Wildman–Crippen LogP) is 1.24. The van der Waals surface area contributed by atoms with Gasteiger partial charge in [0.05, 0.1) is 0 Å². The Morgan fingerprint density at radius 3 is 2.56 bits per heavy atom. The molecule has 1 aromatic rings. The Morgan fingerprint density at radius 1 is 1.56 bits per heavy atom. The van der Waals surface area contributed by atoms with E-state index >= 15 is 0 Å². The van der Waals surface area contributed by atoms with E-state index in [-0.39, 0.29) is 17.1 Å². The van der Waals surface area contributed by atoms with Gasteiger partial charge in [-0.2, -0.15) is 0 Å². The Morgan fingerprint density at radius 2 is 2.22 bits per heavy atom. The van der Waals surface area contributed by atoms with E-state index in [1.54, 1.807) is 6.07 Å². The van der Waals surface area contributed by atoms with Gasteiger partial charge in [-0.15, -0.1) is 17.7 Å². The molecule has 0 aliphatic heterocycles. The molecule has 0 fully saturated rings. The number of aromatic nitrogens is 2. The number of nitrogens with zero attached hydrogens (tertiary/aromatic N) is 2. The first-order valence-corrected chi connectivity index (χ1v) is 2.54. The number of halogens is 1. The maximum absolute atomic E-state index is 5.46. The van der Waals surface area contributed by atoms with Gasteiger partial charge in [0.1, 0.15) is 0 Å². The molecular weight excluding hydrogens is 187 g/mol. The maximum Gasteiger partial charge on any atom is 1.00 e. The molecule has 9 heavy (non-hydrogen) atoms. The van der Waals surface area contributed by atoms with Crippen molar-refractivity contribution in [3.8, 4) is 0 Å². The van der Waals surface area contributed by atoms with Crippen molar-refractivity contribution in [3.05, 3.63) is 23.2 Å². The summed E-state index contributed by atoms with van der Waals surface area (Å²) in [6.07, 6.45) is 2.40. The van der Waals surface area contributed by atoms with Crippen LogP contribution in [0.15, 0.2) is 6.07 Å². The molecule has 1 rings (SSSR count). The van der Waals surface area contributed by atoms with Gasteiger partial charge in [0, 0.05) is 11.5 Å². The molecule has 0 saturated carbocycles. The summed E-state index contributed by atoms with van der Waals surface area (Å²) in [5, 5.41) is 0.442. The second kappa shape index (κ2) is 3.83. The molecule has 0 spiro atoms. The summed E-state index contributed by atoms with van der Waals surface area (Å²) >= 11 is 5.46. The largest absolute Gasteiger partial charge is 1.00 e. The van der Waals surface area contributed by atoms with Crippen molar-refractivity contribution < 1.29 is 17.1 Å². The van der Waals surface area contributed by atoms with Gasteiger partial charge in [-0.3, -0.25) is 0 Å². The van der Waals surface area contributed by atoms with Crippen LogP contribution in [0.2, 0.25) is 5.15 Å². The van der Waals surface area contributed by atoms with Crippen LogP contribution in [0.1, 0.15) is 5.69 Å². The fourth-order valence-electron chi connectivity index (χ4n) is 0.389. The smallest absolute Gasteiger partial charge is 0.371 e. The van der Waals surface area contributed by atoms with Gasteiger partial charge >= 0.3 is 17.1 Å². The van der Waals surface area contributed by atoms with E-state index < -0.39 is 0 Å². The zero-order chi connectivity index (χ0) is 5.98. The van der Waals surface area contributed by atoms with Crippen molar-refractivity contribution in [1.29, 1.82) is 0 Å². The van der Waals surface area contributed by atoms with E-state index in [0.29, 0.717) is 5.15 Å². The molecule has 0 unspecified atom stereocenters. The maximum atomic E-state index is 5.46. The van der Waals surface area contributed by atoms with Crippen LogP contribution in [-0.2, 0) is 17.1 Å². The molecule has 2 nitrogen and oxygen atoms in total. The van der Waals surface area contributed by atoms with Crippen LogP contribution >= 0.6 is 11.6 Å². The Bertz CT molecular complexity index is 175. The third kappa shape index (κ3) is 2.80. The minimum Gasteiger partial charge on any atom is -0.371 e. The molecule has 52 valence electrons. The van der Waals surface area contributed by atoms with Crippen molar-refractivity contribution in [2.45, 2.75) is 6.92 Å². The second-order valence-electron chi connectivity index (χ2n) is 1.43. The van der Waals surface area contributed by atoms with Crippen LogP contribution in [-0.4, -0.2) is 9.97 Å². The Balaban J connectivity index is 0.000000640. The van der Waals surface area contributed by atoms with Gasteiger partial charge in [0.25, 0.3) is 0 Å². The number of aryl methyl sites for hydroxylation is 1. The monoisotopic (exact) mass is 190 g/mol.